The molecule has 2 amide bonds. The second-order valence-electron chi connectivity index (χ2n) is 4.06. The second kappa shape index (κ2) is 6.39. The van der Waals surface area contributed by atoms with Crippen LogP contribution in [0.4, 0.5) is 10.5 Å². The largest absolute Gasteiger partial charge is 0.481 e. The molecule has 0 aliphatic rings. The summed E-state index contributed by atoms with van der Waals surface area (Å²) < 4.78 is 0.902. The molecular weight excluding hydrogens is 300 g/mol. The van der Waals surface area contributed by atoms with Gasteiger partial charge in [0.2, 0.25) is 0 Å². The van der Waals surface area contributed by atoms with Gasteiger partial charge >= 0.3 is 12.0 Å². The Labute approximate surface area is 114 Å². The first-order valence-electron chi connectivity index (χ1n) is 5.44. The molecule has 0 radical (unpaired) electrons. The molecule has 0 saturated heterocycles. The van der Waals surface area contributed by atoms with E-state index in [1.807, 2.05) is 13.0 Å². The van der Waals surface area contributed by atoms with Gasteiger partial charge in [-0.1, -0.05) is 22.0 Å². The van der Waals surface area contributed by atoms with Gasteiger partial charge in [-0.05, 0) is 31.5 Å². The van der Waals surface area contributed by atoms with E-state index in [0.717, 1.165) is 10.0 Å². The van der Waals surface area contributed by atoms with Gasteiger partial charge in [0.05, 0.1) is 6.42 Å². The number of aliphatic carboxylic acids is 1. The third-order valence-electron chi connectivity index (χ3n) is 2.29. The van der Waals surface area contributed by atoms with Crippen LogP contribution in [0.5, 0.6) is 0 Å². The number of carbonyl (C=O) groups excluding carboxylic acids is 1. The minimum absolute atomic E-state index is 0.106. The SMILES string of the molecule is Cc1ccc(NC(=O)NC(C)CC(=O)O)cc1Br. The van der Waals surface area contributed by atoms with Crippen molar-refractivity contribution in [3.05, 3.63) is 28.2 Å². The third-order valence-corrected chi connectivity index (χ3v) is 3.14. The van der Waals surface area contributed by atoms with Crippen LogP contribution in [-0.4, -0.2) is 23.1 Å². The van der Waals surface area contributed by atoms with Crippen LogP contribution in [0.2, 0.25) is 0 Å². The van der Waals surface area contributed by atoms with Gasteiger partial charge in [-0.3, -0.25) is 4.79 Å². The highest BCUT2D eigenvalue weighted by atomic mass is 79.9. The summed E-state index contributed by atoms with van der Waals surface area (Å²) in [7, 11) is 0. The number of aryl methyl sites for hydroxylation is 1. The molecule has 0 fully saturated rings. The number of nitrogens with one attached hydrogen (secondary N) is 2. The zero-order valence-electron chi connectivity index (χ0n) is 10.2. The molecule has 3 N–H and O–H groups in total. The first-order chi connectivity index (χ1) is 8.38. The number of carboxylic acids is 1. The van der Waals surface area contributed by atoms with Crippen LogP contribution in [0.25, 0.3) is 0 Å². The molecule has 98 valence electrons. The van der Waals surface area contributed by atoms with Crippen molar-refractivity contribution in [1.29, 1.82) is 0 Å². The Morgan fingerprint density at radius 1 is 1.44 bits per heavy atom. The molecule has 6 heteroatoms. The molecule has 1 rings (SSSR count). The van der Waals surface area contributed by atoms with Crippen molar-refractivity contribution >= 4 is 33.6 Å². The van der Waals surface area contributed by atoms with E-state index in [9.17, 15) is 9.59 Å². The molecule has 1 aromatic rings. The number of amides is 2. The highest BCUT2D eigenvalue weighted by Crippen LogP contribution is 2.20. The Hall–Kier alpha value is -1.56. The smallest absolute Gasteiger partial charge is 0.319 e. The zero-order chi connectivity index (χ0) is 13.7. The number of benzene rings is 1. The minimum atomic E-state index is -0.944. The van der Waals surface area contributed by atoms with Crippen molar-refractivity contribution < 1.29 is 14.7 Å². The van der Waals surface area contributed by atoms with E-state index in [0.29, 0.717) is 5.69 Å². The van der Waals surface area contributed by atoms with Crippen molar-refractivity contribution in [3.8, 4) is 0 Å². The summed E-state index contributed by atoms with van der Waals surface area (Å²) in [5.74, 6) is -0.944. The number of hydrogen-bond acceptors (Lipinski definition) is 2. The summed E-state index contributed by atoms with van der Waals surface area (Å²) in [6, 6.07) is 4.61. The highest BCUT2D eigenvalue weighted by molar-refractivity contribution is 9.10. The van der Waals surface area contributed by atoms with Crippen LogP contribution in [0.3, 0.4) is 0 Å². The zero-order valence-corrected chi connectivity index (χ0v) is 11.7. The first kappa shape index (κ1) is 14.5. The topological polar surface area (TPSA) is 78.4 Å². The highest BCUT2D eigenvalue weighted by Gasteiger charge is 2.11. The van der Waals surface area contributed by atoms with Crippen molar-refractivity contribution in [1.82, 2.24) is 5.32 Å². The van der Waals surface area contributed by atoms with E-state index in [4.69, 9.17) is 5.11 Å². The van der Waals surface area contributed by atoms with Crippen LogP contribution < -0.4 is 10.6 Å². The Morgan fingerprint density at radius 2 is 2.11 bits per heavy atom. The fourth-order valence-electron chi connectivity index (χ4n) is 1.37. The molecular formula is C12H15BrN2O3. The molecule has 0 saturated carbocycles. The van der Waals surface area contributed by atoms with Crippen molar-refractivity contribution in [3.63, 3.8) is 0 Å². The summed E-state index contributed by atoms with van der Waals surface area (Å²) >= 11 is 3.37. The lowest BCUT2D eigenvalue weighted by Crippen LogP contribution is -2.37. The van der Waals surface area contributed by atoms with Gasteiger partial charge in [-0.15, -0.1) is 0 Å². The van der Waals surface area contributed by atoms with Gasteiger partial charge in [0.15, 0.2) is 0 Å². The van der Waals surface area contributed by atoms with Crippen LogP contribution >= 0.6 is 15.9 Å². The molecule has 0 spiro atoms. The Morgan fingerprint density at radius 3 is 2.67 bits per heavy atom. The molecule has 0 aliphatic carbocycles. The fourth-order valence-corrected chi connectivity index (χ4v) is 1.75. The van der Waals surface area contributed by atoms with Crippen molar-refractivity contribution in [2.45, 2.75) is 26.3 Å². The molecule has 0 aliphatic heterocycles. The summed E-state index contributed by atoms with van der Waals surface area (Å²) in [4.78, 5) is 22.0. The molecule has 5 nitrogen and oxygen atoms in total. The molecule has 1 unspecified atom stereocenters. The van der Waals surface area contributed by atoms with Crippen LogP contribution in [-0.2, 0) is 4.79 Å². The fraction of sp³-hybridized carbons (Fsp3) is 0.333. The molecule has 0 aromatic heterocycles. The van der Waals surface area contributed by atoms with Gasteiger partial charge in [0.1, 0.15) is 0 Å². The summed E-state index contributed by atoms with van der Waals surface area (Å²) in [5.41, 5.74) is 1.72. The van der Waals surface area contributed by atoms with Crippen molar-refractivity contribution in [2.24, 2.45) is 0 Å². The van der Waals surface area contributed by atoms with Crippen LogP contribution in [0.15, 0.2) is 22.7 Å². The average Bonchev–Trinajstić information content (AvgIpc) is 2.21. The van der Waals surface area contributed by atoms with Crippen LogP contribution in [0.1, 0.15) is 18.9 Å². The predicted octanol–water partition coefficient (Wildman–Crippen LogP) is 2.74. The van der Waals surface area contributed by atoms with Gasteiger partial charge in [-0.25, -0.2) is 4.79 Å². The number of hydrogen-bond donors (Lipinski definition) is 3. The van der Waals surface area contributed by atoms with E-state index in [-0.39, 0.29) is 6.42 Å². The maximum absolute atomic E-state index is 11.6. The number of rotatable bonds is 4. The number of anilines is 1. The molecule has 0 bridgehead atoms. The van der Waals surface area contributed by atoms with E-state index in [2.05, 4.69) is 26.6 Å². The summed E-state index contributed by atoms with van der Waals surface area (Å²) in [6.07, 6.45) is -0.106. The Kier molecular flexibility index (Phi) is 5.15. The lowest BCUT2D eigenvalue weighted by Gasteiger charge is -2.13. The molecule has 0 heterocycles. The van der Waals surface area contributed by atoms with Gasteiger partial charge in [0.25, 0.3) is 0 Å². The standard InChI is InChI=1S/C12H15BrN2O3/c1-7-3-4-9(6-10(7)13)15-12(18)14-8(2)5-11(16)17/h3-4,6,8H,5H2,1-2H3,(H,16,17)(H2,14,15,18). The monoisotopic (exact) mass is 314 g/mol. The van der Waals surface area contributed by atoms with E-state index in [1.54, 1.807) is 19.1 Å². The summed E-state index contributed by atoms with van der Waals surface area (Å²) in [5, 5.41) is 13.8. The Bertz CT molecular complexity index is 463. The number of carboxylic acid groups (broad SMARTS) is 1. The van der Waals surface area contributed by atoms with Gasteiger partial charge in [-0.2, -0.15) is 0 Å². The van der Waals surface area contributed by atoms with Gasteiger partial charge < -0.3 is 15.7 Å². The quantitative estimate of drug-likeness (QED) is 0.799. The van der Waals surface area contributed by atoms with Gasteiger partial charge in [0, 0.05) is 16.2 Å². The number of urea groups is 1. The number of carbonyl (C=O) groups is 2. The molecule has 18 heavy (non-hydrogen) atoms. The summed E-state index contributed by atoms with van der Waals surface area (Å²) in [6.45, 7) is 3.58. The maximum Gasteiger partial charge on any atom is 0.319 e. The Balaban J connectivity index is 2.54. The normalized spacial score (nSPS) is 11.7. The van der Waals surface area contributed by atoms with Crippen LogP contribution in [0, 0.1) is 6.92 Å². The van der Waals surface area contributed by atoms with Crippen molar-refractivity contribution in [2.75, 3.05) is 5.32 Å². The second-order valence-corrected chi connectivity index (χ2v) is 4.92. The first-order valence-corrected chi connectivity index (χ1v) is 6.23. The molecule has 1 aromatic carbocycles. The maximum atomic E-state index is 11.6. The third kappa shape index (κ3) is 4.75. The van der Waals surface area contributed by atoms with E-state index < -0.39 is 18.0 Å². The van der Waals surface area contributed by atoms with E-state index in [1.165, 1.54) is 0 Å². The van der Waals surface area contributed by atoms with E-state index >= 15 is 0 Å². The molecule has 1 atom stereocenters. The minimum Gasteiger partial charge on any atom is -0.481 e. The average molecular weight is 315 g/mol. The number of halogens is 1. The lowest BCUT2D eigenvalue weighted by molar-refractivity contribution is -0.137. The predicted molar refractivity (Wildman–Crippen MR) is 72.7 cm³/mol. The lowest BCUT2D eigenvalue weighted by atomic mass is 10.2.